The number of nitrogens with zero attached hydrogens (tertiary/aromatic N) is 1. The summed E-state index contributed by atoms with van der Waals surface area (Å²) in [5.41, 5.74) is 3.05. The molecule has 0 saturated carbocycles. The second-order valence-corrected chi connectivity index (χ2v) is 9.21. The van der Waals surface area contributed by atoms with E-state index in [1.807, 2.05) is 12.1 Å². The predicted octanol–water partition coefficient (Wildman–Crippen LogP) is 5.09. The molecule has 0 radical (unpaired) electrons. The van der Waals surface area contributed by atoms with E-state index in [1.165, 1.54) is 23.9 Å². The molecule has 3 rings (SSSR count). The summed E-state index contributed by atoms with van der Waals surface area (Å²) in [5, 5.41) is 7.95. The van der Waals surface area contributed by atoms with Gasteiger partial charge in [0.25, 0.3) is 11.8 Å². The van der Waals surface area contributed by atoms with Crippen LogP contribution in [0.2, 0.25) is 0 Å². The van der Waals surface area contributed by atoms with E-state index in [4.69, 9.17) is 4.74 Å². The second kappa shape index (κ2) is 10.1. The van der Waals surface area contributed by atoms with Crippen LogP contribution in [-0.2, 0) is 4.74 Å². The number of hydrogen-bond acceptors (Lipinski definition) is 7. The third-order valence-electron chi connectivity index (χ3n) is 4.85. The average Bonchev–Trinajstić information content (AvgIpc) is 3.38. The van der Waals surface area contributed by atoms with Gasteiger partial charge in [0, 0.05) is 18.0 Å². The normalized spacial score (nSPS) is 10.8. The number of thiazole rings is 1. The maximum atomic E-state index is 12.9. The fourth-order valence-corrected chi connectivity index (χ4v) is 5.01. The Labute approximate surface area is 194 Å². The Kier molecular flexibility index (Phi) is 7.42. The Hall–Kier alpha value is -3.04. The number of ether oxygens (including phenoxy) is 1. The zero-order valence-electron chi connectivity index (χ0n) is 18.6. The van der Waals surface area contributed by atoms with Crippen molar-refractivity contribution < 1.29 is 19.1 Å². The van der Waals surface area contributed by atoms with Crippen molar-refractivity contribution in [1.29, 1.82) is 0 Å². The van der Waals surface area contributed by atoms with Crippen molar-refractivity contribution in [3.8, 4) is 10.6 Å². The van der Waals surface area contributed by atoms with Gasteiger partial charge in [0.1, 0.15) is 15.7 Å². The Morgan fingerprint density at radius 1 is 1.12 bits per heavy atom. The van der Waals surface area contributed by atoms with Crippen LogP contribution in [0.15, 0.2) is 29.6 Å². The van der Waals surface area contributed by atoms with Gasteiger partial charge in [-0.05, 0) is 30.9 Å². The van der Waals surface area contributed by atoms with E-state index in [1.54, 1.807) is 19.2 Å². The molecule has 1 aromatic carbocycles. The molecule has 0 atom stereocenters. The molecule has 0 fully saturated rings. The van der Waals surface area contributed by atoms with Gasteiger partial charge in [-0.15, -0.1) is 22.7 Å². The number of nitrogens with one attached hydrogen (secondary N) is 2. The second-order valence-electron chi connectivity index (χ2n) is 7.33. The monoisotopic (exact) mass is 471 g/mol. The van der Waals surface area contributed by atoms with Crippen molar-refractivity contribution in [2.45, 2.75) is 33.6 Å². The molecule has 3 aromatic rings. The van der Waals surface area contributed by atoms with E-state index < -0.39 is 11.9 Å². The van der Waals surface area contributed by atoms with Crippen molar-refractivity contribution in [3.05, 3.63) is 56.9 Å². The van der Waals surface area contributed by atoms with E-state index in [2.05, 4.69) is 41.6 Å². The smallest absolute Gasteiger partial charge is 0.341 e. The first-order chi connectivity index (χ1) is 15.3. The van der Waals surface area contributed by atoms with E-state index in [0.717, 1.165) is 21.9 Å². The zero-order valence-corrected chi connectivity index (χ0v) is 20.2. The van der Waals surface area contributed by atoms with Crippen molar-refractivity contribution in [2.24, 2.45) is 0 Å². The van der Waals surface area contributed by atoms with Gasteiger partial charge in [-0.25, -0.2) is 9.78 Å². The third-order valence-corrected chi connectivity index (χ3v) is 6.95. The molecule has 0 aliphatic carbocycles. The Morgan fingerprint density at radius 3 is 2.41 bits per heavy atom. The summed E-state index contributed by atoms with van der Waals surface area (Å²) in [4.78, 5) is 42.3. The SMILES string of the molecule is CCOC(=O)c1c(NC(=O)c2csc(-c3ccc(C(C)C)cc3)n2)sc(C(=O)NC)c1C. The minimum Gasteiger partial charge on any atom is -0.462 e. The van der Waals surface area contributed by atoms with E-state index in [0.29, 0.717) is 16.4 Å². The number of aromatic nitrogens is 1. The number of amides is 2. The van der Waals surface area contributed by atoms with Crippen molar-refractivity contribution >= 4 is 45.5 Å². The lowest BCUT2D eigenvalue weighted by Gasteiger charge is -2.06. The quantitative estimate of drug-likeness (QED) is 0.468. The molecule has 2 heterocycles. The molecule has 2 amide bonds. The summed E-state index contributed by atoms with van der Waals surface area (Å²) >= 11 is 2.40. The lowest BCUT2D eigenvalue weighted by Crippen LogP contribution is -2.18. The average molecular weight is 472 g/mol. The third kappa shape index (κ3) is 4.89. The number of hydrogen-bond donors (Lipinski definition) is 2. The fraction of sp³-hybridized carbons (Fsp3) is 0.304. The molecule has 7 nitrogen and oxygen atoms in total. The molecule has 0 aliphatic heterocycles. The first-order valence-corrected chi connectivity index (χ1v) is 11.9. The van der Waals surface area contributed by atoms with Gasteiger partial charge in [-0.3, -0.25) is 9.59 Å². The fourth-order valence-electron chi connectivity index (χ4n) is 3.07. The minimum atomic E-state index is -0.587. The topological polar surface area (TPSA) is 97.4 Å². The van der Waals surface area contributed by atoms with Crippen LogP contribution in [0.5, 0.6) is 0 Å². The lowest BCUT2D eigenvalue weighted by atomic mass is 10.0. The number of carbonyl (C=O) groups excluding carboxylic acids is 3. The first-order valence-electron chi connectivity index (χ1n) is 10.2. The summed E-state index contributed by atoms with van der Waals surface area (Å²) in [6.45, 7) is 7.80. The molecule has 0 spiro atoms. The van der Waals surface area contributed by atoms with Crippen molar-refractivity contribution in [2.75, 3.05) is 19.0 Å². The van der Waals surface area contributed by atoms with Crippen molar-refractivity contribution in [1.82, 2.24) is 10.3 Å². The van der Waals surface area contributed by atoms with E-state index >= 15 is 0 Å². The van der Waals surface area contributed by atoms with E-state index in [9.17, 15) is 14.4 Å². The number of benzene rings is 1. The lowest BCUT2D eigenvalue weighted by molar-refractivity contribution is 0.0527. The highest BCUT2D eigenvalue weighted by atomic mass is 32.1. The molecule has 0 aliphatic rings. The van der Waals surface area contributed by atoms with Crippen molar-refractivity contribution in [3.63, 3.8) is 0 Å². The highest BCUT2D eigenvalue weighted by Gasteiger charge is 2.27. The summed E-state index contributed by atoms with van der Waals surface area (Å²) < 4.78 is 5.12. The minimum absolute atomic E-state index is 0.182. The molecule has 168 valence electrons. The Morgan fingerprint density at radius 2 is 1.81 bits per heavy atom. The Bertz CT molecular complexity index is 1150. The van der Waals surface area contributed by atoms with Crippen LogP contribution in [-0.4, -0.2) is 36.4 Å². The first kappa shape index (κ1) is 23.6. The van der Waals surface area contributed by atoms with Gasteiger partial charge in [0.15, 0.2) is 0 Å². The van der Waals surface area contributed by atoms with Crippen LogP contribution in [0.1, 0.15) is 68.3 Å². The van der Waals surface area contributed by atoms with E-state index in [-0.39, 0.29) is 28.8 Å². The van der Waals surface area contributed by atoms with Gasteiger partial charge in [0.2, 0.25) is 0 Å². The van der Waals surface area contributed by atoms with Gasteiger partial charge >= 0.3 is 5.97 Å². The molecule has 9 heteroatoms. The van der Waals surface area contributed by atoms with Gasteiger partial charge in [-0.2, -0.15) is 0 Å². The number of carbonyl (C=O) groups is 3. The molecule has 2 aromatic heterocycles. The number of esters is 1. The molecule has 0 saturated heterocycles. The van der Waals surface area contributed by atoms with Gasteiger partial charge in [-0.1, -0.05) is 38.1 Å². The number of anilines is 1. The molecule has 0 bridgehead atoms. The molecular weight excluding hydrogens is 446 g/mol. The molecular formula is C23H25N3O4S2. The van der Waals surface area contributed by atoms with Crippen LogP contribution in [0, 0.1) is 6.92 Å². The van der Waals surface area contributed by atoms with Gasteiger partial charge in [0.05, 0.1) is 17.0 Å². The number of thiophene rings is 1. The van der Waals surface area contributed by atoms with Crippen LogP contribution < -0.4 is 10.6 Å². The maximum Gasteiger partial charge on any atom is 0.341 e. The summed E-state index contributed by atoms with van der Waals surface area (Å²) in [6.07, 6.45) is 0. The maximum absolute atomic E-state index is 12.9. The van der Waals surface area contributed by atoms with Crippen LogP contribution in [0.3, 0.4) is 0 Å². The summed E-state index contributed by atoms with van der Waals surface area (Å²) in [7, 11) is 1.51. The highest BCUT2D eigenvalue weighted by Crippen LogP contribution is 2.34. The van der Waals surface area contributed by atoms with Crippen LogP contribution >= 0.6 is 22.7 Å². The van der Waals surface area contributed by atoms with Crippen LogP contribution in [0.25, 0.3) is 10.6 Å². The zero-order chi connectivity index (χ0) is 23.4. The molecule has 32 heavy (non-hydrogen) atoms. The summed E-state index contributed by atoms with van der Waals surface area (Å²) in [6, 6.07) is 8.10. The summed E-state index contributed by atoms with van der Waals surface area (Å²) in [5.74, 6) is -0.944. The highest BCUT2D eigenvalue weighted by molar-refractivity contribution is 7.18. The van der Waals surface area contributed by atoms with Gasteiger partial charge < -0.3 is 15.4 Å². The number of rotatable bonds is 7. The van der Waals surface area contributed by atoms with Crippen LogP contribution in [0.4, 0.5) is 5.00 Å². The largest absolute Gasteiger partial charge is 0.462 e. The predicted molar refractivity (Wildman–Crippen MR) is 128 cm³/mol. The molecule has 2 N–H and O–H groups in total. The Balaban J connectivity index is 1.87. The molecule has 0 unspecified atom stereocenters. The standard InChI is InChI=1S/C23H25N3O4S2/c1-6-30-23(29)17-13(4)18(20(28)24-5)32-22(17)26-19(27)16-11-31-21(25-16)15-9-7-14(8-10-15)12(2)3/h7-12H,6H2,1-5H3,(H,24,28)(H,26,27).